The van der Waals surface area contributed by atoms with Crippen molar-refractivity contribution in [2.75, 3.05) is 6.54 Å². The standard InChI is InChI=1S/C10H20N2/c1-3-4-10-5-8(2)9(6-11)7-12-10/h6,8-12H,3-5,7H2,1-2H3. The molecule has 1 heterocycles. The molecular formula is C10H20N2. The van der Waals surface area contributed by atoms with E-state index in [-0.39, 0.29) is 0 Å². The number of hydrogen-bond acceptors (Lipinski definition) is 2. The number of piperidine rings is 1. The quantitative estimate of drug-likeness (QED) is 0.622. The third-order valence-electron chi connectivity index (χ3n) is 2.88. The second-order valence-corrected chi connectivity index (χ2v) is 3.94. The van der Waals surface area contributed by atoms with Crippen molar-refractivity contribution in [2.24, 2.45) is 11.8 Å². The first-order valence-corrected chi connectivity index (χ1v) is 5.02. The molecule has 0 radical (unpaired) electrons. The molecule has 0 spiro atoms. The first-order valence-electron chi connectivity index (χ1n) is 5.02. The fraction of sp³-hybridized carbons (Fsp3) is 0.900. The van der Waals surface area contributed by atoms with E-state index in [4.69, 9.17) is 5.41 Å². The van der Waals surface area contributed by atoms with Gasteiger partial charge in [-0.2, -0.15) is 0 Å². The van der Waals surface area contributed by atoms with Gasteiger partial charge in [0, 0.05) is 18.5 Å². The van der Waals surface area contributed by atoms with Crippen molar-refractivity contribution in [3.05, 3.63) is 0 Å². The highest BCUT2D eigenvalue weighted by molar-refractivity contribution is 5.57. The maximum Gasteiger partial charge on any atom is 0.00866 e. The molecule has 2 N–H and O–H groups in total. The fourth-order valence-corrected chi connectivity index (χ4v) is 2.00. The predicted octanol–water partition coefficient (Wildman–Crippen LogP) is 2.05. The van der Waals surface area contributed by atoms with E-state index in [0.29, 0.717) is 17.9 Å². The van der Waals surface area contributed by atoms with Crippen LogP contribution in [0.15, 0.2) is 0 Å². The Labute approximate surface area is 75.3 Å². The first-order chi connectivity index (χ1) is 5.77. The monoisotopic (exact) mass is 168 g/mol. The van der Waals surface area contributed by atoms with E-state index in [9.17, 15) is 0 Å². The molecule has 2 heteroatoms. The minimum Gasteiger partial charge on any atom is -0.313 e. The van der Waals surface area contributed by atoms with Crippen LogP contribution in [-0.2, 0) is 0 Å². The smallest absolute Gasteiger partial charge is 0.00866 e. The van der Waals surface area contributed by atoms with Crippen molar-refractivity contribution in [2.45, 2.75) is 39.2 Å². The van der Waals surface area contributed by atoms with Gasteiger partial charge in [-0.25, -0.2) is 0 Å². The Hall–Kier alpha value is -0.370. The van der Waals surface area contributed by atoms with Crippen molar-refractivity contribution in [1.82, 2.24) is 5.32 Å². The summed E-state index contributed by atoms with van der Waals surface area (Å²) < 4.78 is 0. The van der Waals surface area contributed by atoms with E-state index in [0.717, 1.165) is 6.54 Å². The van der Waals surface area contributed by atoms with Crippen molar-refractivity contribution in [3.63, 3.8) is 0 Å². The second kappa shape index (κ2) is 4.61. The van der Waals surface area contributed by atoms with Gasteiger partial charge in [-0.3, -0.25) is 0 Å². The largest absolute Gasteiger partial charge is 0.313 e. The summed E-state index contributed by atoms with van der Waals surface area (Å²) in [4.78, 5) is 0. The van der Waals surface area contributed by atoms with Crippen LogP contribution in [0.2, 0.25) is 0 Å². The molecule has 70 valence electrons. The van der Waals surface area contributed by atoms with Crippen LogP contribution in [0.1, 0.15) is 33.1 Å². The molecule has 0 amide bonds. The summed E-state index contributed by atoms with van der Waals surface area (Å²) in [5.41, 5.74) is 0. The predicted molar refractivity (Wildman–Crippen MR) is 52.8 cm³/mol. The minimum atomic E-state index is 0.470. The summed E-state index contributed by atoms with van der Waals surface area (Å²) in [5, 5.41) is 10.7. The Morgan fingerprint density at radius 1 is 1.58 bits per heavy atom. The van der Waals surface area contributed by atoms with E-state index in [1.807, 2.05) is 0 Å². The molecule has 1 saturated heterocycles. The van der Waals surface area contributed by atoms with Crippen molar-refractivity contribution >= 4 is 6.21 Å². The lowest BCUT2D eigenvalue weighted by Crippen LogP contribution is -2.43. The Bertz CT molecular complexity index is 145. The van der Waals surface area contributed by atoms with Gasteiger partial charge in [0.05, 0.1) is 0 Å². The molecule has 2 nitrogen and oxygen atoms in total. The van der Waals surface area contributed by atoms with Gasteiger partial charge in [0.25, 0.3) is 0 Å². The highest BCUT2D eigenvalue weighted by Gasteiger charge is 2.24. The van der Waals surface area contributed by atoms with Gasteiger partial charge in [-0.05, 0) is 25.0 Å². The normalized spacial score (nSPS) is 36.3. The molecule has 3 unspecified atom stereocenters. The molecule has 0 aromatic rings. The number of nitrogens with one attached hydrogen (secondary N) is 2. The van der Waals surface area contributed by atoms with Gasteiger partial charge in [-0.15, -0.1) is 0 Å². The van der Waals surface area contributed by atoms with Gasteiger partial charge in [0.2, 0.25) is 0 Å². The lowest BCUT2D eigenvalue weighted by atomic mass is 9.84. The molecule has 0 aliphatic carbocycles. The second-order valence-electron chi connectivity index (χ2n) is 3.94. The summed E-state index contributed by atoms with van der Waals surface area (Å²) in [6.45, 7) is 5.50. The zero-order valence-electron chi connectivity index (χ0n) is 8.14. The summed E-state index contributed by atoms with van der Waals surface area (Å²) >= 11 is 0. The summed E-state index contributed by atoms with van der Waals surface area (Å²) in [6.07, 6.45) is 5.39. The van der Waals surface area contributed by atoms with Crippen molar-refractivity contribution in [3.8, 4) is 0 Å². The van der Waals surface area contributed by atoms with Crippen LogP contribution in [0, 0.1) is 17.2 Å². The van der Waals surface area contributed by atoms with Gasteiger partial charge < -0.3 is 10.7 Å². The Morgan fingerprint density at radius 2 is 2.33 bits per heavy atom. The SMILES string of the molecule is CCCC1CC(C)C(C=N)CN1. The average molecular weight is 168 g/mol. The topological polar surface area (TPSA) is 35.9 Å². The average Bonchev–Trinajstić information content (AvgIpc) is 2.05. The van der Waals surface area contributed by atoms with Gasteiger partial charge >= 0.3 is 0 Å². The highest BCUT2D eigenvalue weighted by Crippen LogP contribution is 2.22. The zero-order chi connectivity index (χ0) is 8.97. The Morgan fingerprint density at radius 3 is 2.83 bits per heavy atom. The van der Waals surface area contributed by atoms with Crippen LogP contribution in [-0.4, -0.2) is 18.8 Å². The van der Waals surface area contributed by atoms with E-state index in [1.54, 1.807) is 6.21 Å². The molecule has 1 fully saturated rings. The third kappa shape index (κ3) is 2.31. The van der Waals surface area contributed by atoms with Crippen LogP contribution in [0.3, 0.4) is 0 Å². The summed E-state index contributed by atoms with van der Waals surface area (Å²) in [7, 11) is 0. The van der Waals surface area contributed by atoms with E-state index >= 15 is 0 Å². The molecule has 0 saturated carbocycles. The highest BCUT2D eigenvalue weighted by atomic mass is 14.9. The summed E-state index contributed by atoms with van der Waals surface area (Å²) in [5.74, 6) is 1.17. The Kier molecular flexibility index (Phi) is 3.73. The molecule has 3 atom stereocenters. The number of hydrogen-bond donors (Lipinski definition) is 2. The fourth-order valence-electron chi connectivity index (χ4n) is 2.00. The van der Waals surface area contributed by atoms with Crippen LogP contribution >= 0.6 is 0 Å². The third-order valence-corrected chi connectivity index (χ3v) is 2.88. The molecule has 1 aliphatic rings. The minimum absolute atomic E-state index is 0.470. The maximum absolute atomic E-state index is 7.23. The first kappa shape index (κ1) is 9.72. The molecule has 0 aromatic carbocycles. The van der Waals surface area contributed by atoms with Crippen LogP contribution in [0.5, 0.6) is 0 Å². The van der Waals surface area contributed by atoms with Crippen LogP contribution < -0.4 is 5.32 Å². The van der Waals surface area contributed by atoms with Crippen molar-refractivity contribution in [1.29, 1.82) is 5.41 Å². The molecular weight excluding hydrogens is 148 g/mol. The van der Waals surface area contributed by atoms with Crippen LogP contribution in [0.25, 0.3) is 0 Å². The maximum atomic E-state index is 7.23. The lowest BCUT2D eigenvalue weighted by molar-refractivity contribution is 0.269. The van der Waals surface area contributed by atoms with Gasteiger partial charge in [0.1, 0.15) is 0 Å². The molecule has 1 rings (SSSR count). The molecule has 0 bridgehead atoms. The van der Waals surface area contributed by atoms with Gasteiger partial charge in [0.15, 0.2) is 0 Å². The zero-order valence-corrected chi connectivity index (χ0v) is 8.14. The molecule has 1 aliphatic heterocycles. The van der Waals surface area contributed by atoms with Crippen LogP contribution in [0.4, 0.5) is 0 Å². The lowest BCUT2D eigenvalue weighted by Gasteiger charge is -2.33. The Balaban J connectivity index is 2.35. The number of rotatable bonds is 3. The summed E-state index contributed by atoms with van der Waals surface area (Å²) in [6, 6.07) is 0.709. The molecule has 0 aromatic heterocycles. The van der Waals surface area contributed by atoms with E-state index < -0.39 is 0 Å². The van der Waals surface area contributed by atoms with Crippen molar-refractivity contribution < 1.29 is 0 Å². The van der Waals surface area contributed by atoms with Gasteiger partial charge in [-0.1, -0.05) is 20.3 Å². The van der Waals surface area contributed by atoms with E-state index in [2.05, 4.69) is 19.2 Å². The molecule has 12 heavy (non-hydrogen) atoms. The van der Waals surface area contributed by atoms with E-state index in [1.165, 1.54) is 19.3 Å².